The van der Waals surface area contributed by atoms with Gasteiger partial charge in [0.2, 0.25) is 5.82 Å². The van der Waals surface area contributed by atoms with Crippen LogP contribution in [-0.2, 0) is 0 Å². The van der Waals surface area contributed by atoms with Gasteiger partial charge in [-0.2, -0.15) is 4.39 Å². The van der Waals surface area contributed by atoms with Crippen molar-refractivity contribution in [3.63, 3.8) is 0 Å². The second kappa shape index (κ2) is 9.04. The minimum absolute atomic E-state index is 0.0609. The fraction of sp³-hybridized carbons (Fsp3) is 0.739. The number of alkyl halides is 2. The van der Waals surface area contributed by atoms with Crippen molar-refractivity contribution in [2.45, 2.75) is 83.5 Å². The fourth-order valence-corrected chi connectivity index (χ4v) is 5.44. The average Bonchev–Trinajstić information content (AvgIpc) is 2.66. The Morgan fingerprint density at radius 3 is 2.29 bits per heavy atom. The zero-order chi connectivity index (χ0) is 20.3. The average molecular weight is 401 g/mol. The van der Waals surface area contributed by atoms with Crippen LogP contribution in [0.15, 0.2) is 12.1 Å². The van der Waals surface area contributed by atoms with Crippen molar-refractivity contribution in [3.8, 4) is 5.75 Å². The molecule has 5 heteroatoms. The predicted molar refractivity (Wildman–Crippen MR) is 103 cm³/mol. The first kappa shape index (κ1) is 21.4. The summed E-state index contributed by atoms with van der Waals surface area (Å²) in [6.45, 7) is 4.08. The molecule has 0 aliphatic heterocycles. The second-order valence-corrected chi connectivity index (χ2v) is 8.63. The van der Waals surface area contributed by atoms with Gasteiger partial charge in [0.1, 0.15) is 0 Å². The van der Waals surface area contributed by atoms with Gasteiger partial charge in [0.25, 0.3) is 5.92 Å². The van der Waals surface area contributed by atoms with Crippen LogP contribution in [0.5, 0.6) is 5.75 Å². The molecule has 28 heavy (non-hydrogen) atoms. The minimum Gasteiger partial charge on any atom is -0.491 e. The predicted octanol–water partition coefficient (Wildman–Crippen LogP) is 7.49. The van der Waals surface area contributed by atoms with E-state index in [0.717, 1.165) is 32.1 Å². The summed E-state index contributed by atoms with van der Waals surface area (Å²) >= 11 is 0. The van der Waals surface area contributed by atoms with E-state index in [4.69, 9.17) is 4.74 Å². The summed E-state index contributed by atoms with van der Waals surface area (Å²) in [5.74, 6) is -5.61. The summed E-state index contributed by atoms with van der Waals surface area (Å²) in [5, 5.41) is 0. The van der Waals surface area contributed by atoms with Gasteiger partial charge >= 0.3 is 0 Å². The van der Waals surface area contributed by atoms with Crippen LogP contribution in [0.3, 0.4) is 0 Å². The Bertz CT molecular complexity index is 652. The van der Waals surface area contributed by atoms with Gasteiger partial charge in [0, 0.05) is 12.3 Å². The molecule has 3 rings (SSSR count). The Labute approximate surface area is 165 Å². The summed E-state index contributed by atoms with van der Waals surface area (Å²) in [7, 11) is 0. The highest BCUT2D eigenvalue weighted by Gasteiger charge is 2.49. The molecule has 1 aromatic rings. The van der Waals surface area contributed by atoms with Crippen LogP contribution in [0.1, 0.15) is 83.1 Å². The van der Waals surface area contributed by atoms with Gasteiger partial charge in [0.05, 0.1) is 6.61 Å². The molecule has 0 unspecified atom stereocenters. The van der Waals surface area contributed by atoms with Gasteiger partial charge in [-0.1, -0.05) is 38.7 Å². The summed E-state index contributed by atoms with van der Waals surface area (Å²) in [6.07, 6.45) is 6.68. The van der Waals surface area contributed by atoms with Crippen LogP contribution in [0.25, 0.3) is 0 Å². The van der Waals surface area contributed by atoms with E-state index in [9.17, 15) is 8.78 Å². The number of benzene rings is 1. The molecule has 0 amide bonds. The topological polar surface area (TPSA) is 9.23 Å². The zero-order valence-corrected chi connectivity index (χ0v) is 17.0. The highest BCUT2D eigenvalue weighted by molar-refractivity contribution is 5.33. The fourth-order valence-electron chi connectivity index (χ4n) is 5.44. The third-order valence-electron chi connectivity index (χ3n) is 6.86. The summed E-state index contributed by atoms with van der Waals surface area (Å²) < 4.78 is 63.8. The summed E-state index contributed by atoms with van der Waals surface area (Å²) in [5.41, 5.74) is 0.0609. The van der Waals surface area contributed by atoms with Crippen LogP contribution in [0, 0.1) is 29.4 Å². The normalized spacial score (nSPS) is 30.2. The third kappa shape index (κ3) is 4.49. The summed E-state index contributed by atoms with van der Waals surface area (Å²) in [6, 6.07) is 2.77. The largest absolute Gasteiger partial charge is 0.491 e. The van der Waals surface area contributed by atoms with Gasteiger partial charge in [0.15, 0.2) is 11.6 Å². The quantitative estimate of drug-likeness (QED) is 0.450. The lowest BCUT2D eigenvalue weighted by Gasteiger charge is -2.42. The molecule has 1 nitrogen and oxygen atoms in total. The van der Waals surface area contributed by atoms with Gasteiger partial charge in [-0.15, -0.1) is 0 Å². The molecule has 2 atom stereocenters. The molecule has 0 spiro atoms. The lowest BCUT2D eigenvalue weighted by molar-refractivity contribution is -0.119. The Balaban J connectivity index is 1.68. The molecular weight excluding hydrogens is 368 g/mol. The maximum Gasteiger partial charge on any atom is 0.251 e. The van der Waals surface area contributed by atoms with Gasteiger partial charge in [-0.05, 0) is 62.0 Å². The monoisotopic (exact) mass is 400 g/mol. The molecule has 2 fully saturated rings. The van der Waals surface area contributed by atoms with E-state index in [1.54, 1.807) is 6.92 Å². The molecule has 2 aliphatic rings. The van der Waals surface area contributed by atoms with Gasteiger partial charge < -0.3 is 4.74 Å². The van der Waals surface area contributed by atoms with E-state index >= 15 is 8.78 Å². The van der Waals surface area contributed by atoms with Crippen molar-refractivity contribution in [1.82, 2.24) is 0 Å². The molecule has 0 bridgehead atoms. The lowest BCUT2D eigenvalue weighted by Crippen LogP contribution is -2.40. The van der Waals surface area contributed by atoms with Crippen LogP contribution < -0.4 is 4.74 Å². The van der Waals surface area contributed by atoms with Crippen LogP contribution in [0.4, 0.5) is 17.6 Å². The Morgan fingerprint density at radius 2 is 1.68 bits per heavy atom. The molecule has 158 valence electrons. The van der Waals surface area contributed by atoms with E-state index in [1.807, 2.05) is 0 Å². The minimum atomic E-state index is -2.83. The number of ether oxygens (including phenoxy) is 1. The molecule has 0 aromatic heterocycles. The molecule has 0 saturated heterocycles. The molecule has 0 radical (unpaired) electrons. The van der Waals surface area contributed by atoms with Crippen molar-refractivity contribution >= 4 is 0 Å². The highest BCUT2D eigenvalue weighted by atomic mass is 19.3. The van der Waals surface area contributed by atoms with Crippen molar-refractivity contribution in [3.05, 3.63) is 29.3 Å². The Kier molecular flexibility index (Phi) is 6.93. The molecule has 0 heterocycles. The third-order valence-corrected chi connectivity index (χ3v) is 6.86. The smallest absolute Gasteiger partial charge is 0.251 e. The van der Waals surface area contributed by atoms with Crippen LogP contribution >= 0.6 is 0 Å². The lowest BCUT2D eigenvalue weighted by atomic mass is 9.66. The van der Waals surface area contributed by atoms with E-state index < -0.39 is 35.8 Å². The Hall–Kier alpha value is -1.26. The second-order valence-electron chi connectivity index (χ2n) is 8.63. The first-order valence-corrected chi connectivity index (χ1v) is 10.9. The van der Waals surface area contributed by atoms with Crippen LogP contribution in [-0.4, -0.2) is 12.5 Å². The standard InChI is InChI=1S/C23H32F4O/c1-3-5-15-6-8-16(9-7-15)19-12-10-17(14-23(19,26)27)18-11-13-20(28-4-2)22(25)21(18)24/h11,13,15-17,19H,3-10,12,14H2,1-2H3/t15?,16?,17-,19+/m0/s1. The molecular formula is C23H32F4O. The number of hydrogen-bond donors (Lipinski definition) is 0. The SMILES string of the molecule is CCCC1CCC([C@H]2CC[C@H](c3ccc(OCC)c(F)c3F)CC2(F)F)CC1. The maximum absolute atomic E-state index is 15.0. The highest BCUT2D eigenvalue weighted by Crippen LogP contribution is 2.52. The van der Waals surface area contributed by atoms with Gasteiger partial charge in [-0.25, -0.2) is 13.2 Å². The van der Waals surface area contributed by atoms with Crippen LogP contribution in [0.2, 0.25) is 0 Å². The Morgan fingerprint density at radius 1 is 0.964 bits per heavy atom. The van der Waals surface area contributed by atoms with Gasteiger partial charge in [-0.3, -0.25) is 0 Å². The van der Waals surface area contributed by atoms with E-state index in [0.29, 0.717) is 18.8 Å². The first-order valence-electron chi connectivity index (χ1n) is 10.9. The van der Waals surface area contributed by atoms with Crippen molar-refractivity contribution in [2.24, 2.45) is 17.8 Å². The molecule has 2 saturated carbocycles. The van der Waals surface area contributed by atoms with E-state index in [2.05, 4.69) is 6.92 Å². The maximum atomic E-state index is 15.0. The zero-order valence-electron chi connectivity index (χ0n) is 17.0. The number of halogens is 4. The molecule has 1 aromatic carbocycles. The first-order chi connectivity index (χ1) is 13.4. The van der Waals surface area contributed by atoms with E-state index in [1.165, 1.54) is 18.6 Å². The number of rotatable bonds is 6. The van der Waals surface area contributed by atoms with Crippen molar-refractivity contribution in [2.75, 3.05) is 6.61 Å². The van der Waals surface area contributed by atoms with E-state index in [-0.39, 0.29) is 23.8 Å². The molecule has 0 N–H and O–H groups in total. The molecule has 2 aliphatic carbocycles. The van der Waals surface area contributed by atoms with Crippen molar-refractivity contribution < 1.29 is 22.3 Å². The number of hydrogen-bond acceptors (Lipinski definition) is 1. The van der Waals surface area contributed by atoms with Crippen molar-refractivity contribution in [1.29, 1.82) is 0 Å². The summed E-state index contributed by atoms with van der Waals surface area (Å²) in [4.78, 5) is 0.